The minimum atomic E-state index is -0.0168. The molecule has 5 heteroatoms. The highest BCUT2D eigenvalue weighted by molar-refractivity contribution is 5.94. The van der Waals surface area contributed by atoms with Crippen LogP contribution in [-0.4, -0.2) is 41.6 Å². The van der Waals surface area contributed by atoms with Gasteiger partial charge in [-0.3, -0.25) is 4.79 Å². The molecule has 0 radical (unpaired) electrons. The van der Waals surface area contributed by atoms with E-state index < -0.39 is 0 Å². The molecule has 1 amide bonds. The quantitative estimate of drug-likeness (QED) is 0.885. The Hall–Kier alpha value is -1.49. The fourth-order valence-electron chi connectivity index (χ4n) is 2.92. The third kappa shape index (κ3) is 3.15. The number of likely N-dealkylation sites (tertiary alicyclic amines) is 1. The molecular weight excluding hydrogens is 252 g/mol. The number of carbonyl (C=O) groups excluding carboxylic acids is 1. The Morgan fingerprint density at radius 2 is 2.20 bits per heavy atom. The average molecular weight is 278 g/mol. The first-order valence-electron chi connectivity index (χ1n) is 7.35. The van der Waals surface area contributed by atoms with E-state index in [4.69, 9.17) is 5.73 Å². The van der Waals surface area contributed by atoms with Crippen LogP contribution in [0.5, 0.6) is 0 Å². The Morgan fingerprint density at radius 1 is 1.50 bits per heavy atom. The van der Waals surface area contributed by atoms with Gasteiger partial charge in [0.25, 0.3) is 5.91 Å². The van der Waals surface area contributed by atoms with Crippen molar-refractivity contribution in [1.82, 2.24) is 14.8 Å². The Balaban J connectivity index is 2.08. The van der Waals surface area contributed by atoms with E-state index in [1.165, 1.54) is 0 Å². The van der Waals surface area contributed by atoms with Crippen LogP contribution < -0.4 is 11.1 Å². The van der Waals surface area contributed by atoms with E-state index >= 15 is 0 Å². The number of anilines is 1. The maximum atomic E-state index is 12.5. The SMILES string of the molecule is CC1CN(C)CCC1NC(=O)c1cc(N)cn1C(C)C. The van der Waals surface area contributed by atoms with Crippen LogP contribution in [0, 0.1) is 5.92 Å². The number of amides is 1. The van der Waals surface area contributed by atoms with Crippen LogP contribution in [0.15, 0.2) is 12.3 Å². The molecule has 1 fully saturated rings. The van der Waals surface area contributed by atoms with Gasteiger partial charge in [-0.2, -0.15) is 0 Å². The summed E-state index contributed by atoms with van der Waals surface area (Å²) in [5.41, 5.74) is 7.12. The summed E-state index contributed by atoms with van der Waals surface area (Å²) in [5, 5.41) is 3.17. The lowest BCUT2D eigenvalue weighted by atomic mass is 9.94. The largest absolute Gasteiger partial charge is 0.397 e. The fourth-order valence-corrected chi connectivity index (χ4v) is 2.92. The predicted molar refractivity (Wildman–Crippen MR) is 81.8 cm³/mol. The smallest absolute Gasteiger partial charge is 0.268 e. The molecule has 0 aromatic carbocycles. The van der Waals surface area contributed by atoms with Gasteiger partial charge in [0.2, 0.25) is 0 Å². The highest BCUT2D eigenvalue weighted by atomic mass is 16.2. The van der Waals surface area contributed by atoms with Gasteiger partial charge in [0.1, 0.15) is 5.69 Å². The van der Waals surface area contributed by atoms with Crippen LogP contribution >= 0.6 is 0 Å². The standard InChI is InChI=1S/C15H26N4O/c1-10(2)19-9-12(16)7-14(19)15(20)17-13-5-6-18(4)8-11(13)3/h7,9-11,13H,5-6,8,16H2,1-4H3,(H,17,20). The second-order valence-corrected chi connectivity index (χ2v) is 6.27. The lowest BCUT2D eigenvalue weighted by molar-refractivity contribution is 0.0873. The minimum Gasteiger partial charge on any atom is -0.397 e. The van der Waals surface area contributed by atoms with E-state index in [0.29, 0.717) is 17.3 Å². The number of hydrogen-bond acceptors (Lipinski definition) is 3. The van der Waals surface area contributed by atoms with Crippen LogP contribution in [0.3, 0.4) is 0 Å². The first-order chi connectivity index (χ1) is 9.38. The maximum absolute atomic E-state index is 12.5. The van der Waals surface area contributed by atoms with Crippen LogP contribution in [0.25, 0.3) is 0 Å². The minimum absolute atomic E-state index is 0.0168. The van der Waals surface area contributed by atoms with Crippen molar-refractivity contribution in [2.45, 2.75) is 39.3 Å². The van der Waals surface area contributed by atoms with Crippen LogP contribution in [-0.2, 0) is 0 Å². The molecule has 1 aliphatic rings. The molecule has 2 atom stereocenters. The molecule has 2 unspecified atom stereocenters. The topological polar surface area (TPSA) is 63.3 Å². The van der Waals surface area contributed by atoms with E-state index in [2.05, 4.69) is 38.0 Å². The molecule has 112 valence electrons. The van der Waals surface area contributed by atoms with Gasteiger partial charge < -0.3 is 20.5 Å². The molecule has 3 N–H and O–H groups in total. The van der Waals surface area contributed by atoms with E-state index in [1.54, 1.807) is 6.07 Å². The summed E-state index contributed by atoms with van der Waals surface area (Å²) >= 11 is 0. The van der Waals surface area contributed by atoms with Gasteiger partial charge in [-0.05, 0) is 45.8 Å². The first-order valence-corrected chi connectivity index (χ1v) is 7.35. The monoisotopic (exact) mass is 278 g/mol. The second-order valence-electron chi connectivity index (χ2n) is 6.27. The lowest BCUT2D eigenvalue weighted by Crippen LogP contribution is -2.49. The number of nitrogen functional groups attached to an aromatic ring is 1. The molecular formula is C15H26N4O. The molecule has 1 saturated heterocycles. The van der Waals surface area contributed by atoms with E-state index in [-0.39, 0.29) is 18.0 Å². The number of nitrogens with one attached hydrogen (secondary N) is 1. The highest BCUT2D eigenvalue weighted by Gasteiger charge is 2.26. The molecule has 0 saturated carbocycles. The summed E-state index contributed by atoms with van der Waals surface area (Å²) in [6.45, 7) is 8.35. The van der Waals surface area contributed by atoms with Crippen LogP contribution in [0.2, 0.25) is 0 Å². The molecule has 0 aliphatic carbocycles. The molecule has 20 heavy (non-hydrogen) atoms. The van der Waals surface area contributed by atoms with Gasteiger partial charge in [-0.15, -0.1) is 0 Å². The lowest BCUT2D eigenvalue weighted by Gasteiger charge is -2.35. The van der Waals surface area contributed by atoms with Gasteiger partial charge in [0, 0.05) is 24.8 Å². The zero-order valence-electron chi connectivity index (χ0n) is 12.9. The average Bonchev–Trinajstić information content (AvgIpc) is 2.75. The molecule has 2 heterocycles. The third-order valence-electron chi connectivity index (χ3n) is 4.08. The molecule has 0 bridgehead atoms. The number of aromatic nitrogens is 1. The van der Waals surface area contributed by atoms with Crippen molar-refractivity contribution in [3.63, 3.8) is 0 Å². The Labute approximate surface area is 121 Å². The van der Waals surface area contributed by atoms with E-state index in [9.17, 15) is 4.79 Å². The first kappa shape index (κ1) is 14.9. The highest BCUT2D eigenvalue weighted by Crippen LogP contribution is 2.19. The molecule has 1 aromatic rings. The number of nitrogens with two attached hydrogens (primary N) is 1. The maximum Gasteiger partial charge on any atom is 0.268 e. The molecule has 2 rings (SSSR count). The van der Waals surface area contributed by atoms with Crippen molar-refractivity contribution in [3.05, 3.63) is 18.0 Å². The van der Waals surface area contributed by atoms with Gasteiger partial charge in [-0.1, -0.05) is 6.92 Å². The second kappa shape index (κ2) is 5.87. The Bertz CT molecular complexity index is 480. The van der Waals surface area contributed by atoms with Crippen molar-refractivity contribution >= 4 is 11.6 Å². The van der Waals surface area contributed by atoms with Crippen molar-refractivity contribution in [1.29, 1.82) is 0 Å². The van der Waals surface area contributed by atoms with Gasteiger partial charge in [-0.25, -0.2) is 0 Å². The molecule has 5 nitrogen and oxygen atoms in total. The van der Waals surface area contributed by atoms with Crippen molar-refractivity contribution < 1.29 is 4.79 Å². The van der Waals surface area contributed by atoms with Gasteiger partial charge in [0.05, 0.1) is 5.69 Å². The van der Waals surface area contributed by atoms with Gasteiger partial charge in [0.15, 0.2) is 0 Å². The summed E-state index contributed by atoms with van der Waals surface area (Å²) in [5.74, 6) is 0.453. The predicted octanol–water partition coefficient (Wildman–Crippen LogP) is 1.72. The van der Waals surface area contributed by atoms with E-state index in [0.717, 1.165) is 19.5 Å². The molecule has 0 spiro atoms. The normalized spacial score (nSPS) is 24.1. The van der Waals surface area contributed by atoms with Crippen molar-refractivity contribution in [2.75, 3.05) is 25.9 Å². The molecule has 1 aromatic heterocycles. The Kier molecular flexibility index (Phi) is 4.38. The summed E-state index contributed by atoms with van der Waals surface area (Å²) in [7, 11) is 2.12. The van der Waals surface area contributed by atoms with Crippen LogP contribution in [0.4, 0.5) is 5.69 Å². The number of carbonyl (C=O) groups is 1. The van der Waals surface area contributed by atoms with Crippen LogP contribution in [0.1, 0.15) is 43.7 Å². The Morgan fingerprint density at radius 3 is 2.80 bits per heavy atom. The zero-order chi connectivity index (χ0) is 14.9. The number of rotatable bonds is 3. The summed E-state index contributed by atoms with van der Waals surface area (Å²) in [4.78, 5) is 14.8. The van der Waals surface area contributed by atoms with E-state index in [1.807, 2.05) is 10.8 Å². The third-order valence-corrected chi connectivity index (χ3v) is 4.08. The van der Waals surface area contributed by atoms with Gasteiger partial charge >= 0.3 is 0 Å². The molecule has 1 aliphatic heterocycles. The summed E-state index contributed by atoms with van der Waals surface area (Å²) in [6.07, 6.45) is 2.83. The van der Waals surface area contributed by atoms with Crippen molar-refractivity contribution in [2.24, 2.45) is 5.92 Å². The number of hydrogen-bond donors (Lipinski definition) is 2. The number of piperidine rings is 1. The zero-order valence-corrected chi connectivity index (χ0v) is 12.9. The van der Waals surface area contributed by atoms with Crippen molar-refractivity contribution in [3.8, 4) is 0 Å². The summed E-state index contributed by atoms with van der Waals surface area (Å²) < 4.78 is 1.93. The number of nitrogens with zero attached hydrogens (tertiary/aromatic N) is 2. The fraction of sp³-hybridized carbons (Fsp3) is 0.667. The summed E-state index contributed by atoms with van der Waals surface area (Å²) in [6, 6.07) is 2.23.